The number of ether oxygens (including phenoxy) is 1. The zero-order valence-electron chi connectivity index (χ0n) is 6.07. The summed E-state index contributed by atoms with van der Waals surface area (Å²) < 4.78 is 4.72. The first-order chi connectivity index (χ1) is 5.38. The molecule has 11 heavy (non-hydrogen) atoms. The Morgan fingerprint density at radius 2 is 2.45 bits per heavy atom. The van der Waals surface area contributed by atoms with Crippen LogP contribution < -0.4 is 0 Å². The molecule has 0 atom stereocenters. The molecule has 3 heteroatoms. The van der Waals surface area contributed by atoms with Crippen molar-refractivity contribution < 1.29 is 9.53 Å². The minimum Gasteiger partial charge on any atom is -0.485 e. The Balaban J connectivity index is 3.02. The second-order valence-electron chi connectivity index (χ2n) is 1.85. The lowest BCUT2D eigenvalue weighted by atomic mass is 10.3. The van der Waals surface area contributed by atoms with Gasteiger partial charge in [0.05, 0.1) is 7.11 Å². The molecule has 0 spiro atoms. The number of methoxy groups -OCH3 is 1. The molecule has 3 nitrogen and oxygen atoms in total. The lowest BCUT2D eigenvalue weighted by Crippen LogP contribution is -1.90. The smallest absolute Gasteiger partial charge is 0.229 e. The van der Waals surface area contributed by atoms with Crippen molar-refractivity contribution in [1.29, 1.82) is 0 Å². The van der Waals surface area contributed by atoms with Crippen molar-refractivity contribution in [2.75, 3.05) is 7.11 Å². The van der Waals surface area contributed by atoms with Crippen molar-refractivity contribution >= 4 is 11.7 Å². The van der Waals surface area contributed by atoms with Crippen LogP contribution in [0.1, 0.15) is 5.69 Å². The summed E-state index contributed by atoms with van der Waals surface area (Å²) in [5.41, 5.74) is 0.505. The van der Waals surface area contributed by atoms with Gasteiger partial charge < -0.3 is 4.74 Å². The third-order valence-corrected chi connectivity index (χ3v) is 1.19. The lowest BCUT2D eigenvalue weighted by Gasteiger charge is -1.97. The van der Waals surface area contributed by atoms with Crippen LogP contribution in [0.4, 0.5) is 0 Å². The van der Waals surface area contributed by atoms with Crippen LogP contribution in [0.25, 0.3) is 5.76 Å². The summed E-state index contributed by atoms with van der Waals surface area (Å²) in [5.74, 6) is 1.78. The van der Waals surface area contributed by atoms with Crippen LogP contribution in [0.15, 0.2) is 24.4 Å². The van der Waals surface area contributed by atoms with Crippen LogP contribution in [-0.4, -0.2) is 18.0 Å². The SMILES string of the molecule is COC(=C=O)c1ccccn1. The molecule has 0 aliphatic heterocycles. The number of nitrogens with zero attached hydrogens (tertiary/aromatic N) is 1. The van der Waals surface area contributed by atoms with Crippen LogP contribution in [0, 0.1) is 0 Å². The number of pyridine rings is 1. The molecule has 1 aromatic heterocycles. The Kier molecular flexibility index (Phi) is 2.42. The second kappa shape index (κ2) is 3.54. The standard InChI is InChI=1S/C8H7NO2/c1-11-8(6-10)7-4-2-3-5-9-7/h2-5H,1H3. The number of hydrogen-bond acceptors (Lipinski definition) is 3. The Bertz CT molecular complexity index is 275. The maximum atomic E-state index is 10.2. The van der Waals surface area contributed by atoms with E-state index >= 15 is 0 Å². The van der Waals surface area contributed by atoms with Crippen molar-refractivity contribution in [3.05, 3.63) is 30.1 Å². The van der Waals surface area contributed by atoms with E-state index < -0.39 is 0 Å². The van der Waals surface area contributed by atoms with Crippen molar-refractivity contribution in [3.8, 4) is 0 Å². The highest BCUT2D eigenvalue weighted by molar-refractivity contribution is 5.81. The molecule has 1 heterocycles. The van der Waals surface area contributed by atoms with E-state index in [1.165, 1.54) is 7.11 Å². The lowest BCUT2D eigenvalue weighted by molar-refractivity contribution is 0.369. The van der Waals surface area contributed by atoms with E-state index in [1.807, 2.05) is 0 Å². The fourth-order valence-electron chi connectivity index (χ4n) is 0.696. The number of carbonyl (C=O) groups excluding carboxylic acids is 1. The van der Waals surface area contributed by atoms with E-state index in [0.29, 0.717) is 5.69 Å². The highest BCUT2D eigenvalue weighted by Gasteiger charge is 2.00. The molecular formula is C8H7NO2. The highest BCUT2D eigenvalue weighted by atomic mass is 16.5. The summed E-state index contributed by atoms with van der Waals surface area (Å²) in [6.45, 7) is 0. The van der Waals surface area contributed by atoms with E-state index in [0.717, 1.165) is 0 Å². The van der Waals surface area contributed by atoms with Crippen LogP contribution in [-0.2, 0) is 9.53 Å². The molecule has 0 saturated heterocycles. The molecular weight excluding hydrogens is 142 g/mol. The van der Waals surface area contributed by atoms with Gasteiger partial charge in [-0.05, 0) is 12.1 Å². The minimum atomic E-state index is 0.130. The molecule has 0 saturated carbocycles. The molecule has 0 aliphatic carbocycles. The molecule has 1 rings (SSSR count). The van der Waals surface area contributed by atoms with Gasteiger partial charge in [0.25, 0.3) is 0 Å². The van der Waals surface area contributed by atoms with Crippen molar-refractivity contribution in [3.63, 3.8) is 0 Å². The average Bonchev–Trinajstić information content (AvgIpc) is 2.09. The van der Waals surface area contributed by atoms with Gasteiger partial charge in [-0.2, -0.15) is 0 Å². The normalized spacial score (nSPS) is 8.45. The van der Waals surface area contributed by atoms with Crippen molar-refractivity contribution in [2.24, 2.45) is 0 Å². The topological polar surface area (TPSA) is 39.2 Å². The monoisotopic (exact) mass is 149 g/mol. The zero-order valence-corrected chi connectivity index (χ0v) is 6.07. The second-order valence-corrected chi connectivity index (χ2v) is 1.85. The first-order valence-corrected chi connectivity index (χ1v) is 3.09. The summed E-state index contributed by atoms with van der Waals surface area (Å²) in [6.07, 6.45) is 1.59. The first-order valence-electron chi connectivity index (χ1n) is 3.09. The Morgan fingerprint density at radius 3 is 2.91 bits per heavy atom. The van der Waals surface area contributed by atoms with Gasteiger partial charge in [-0.15, -0.1) is 0 Å². The molecule has 0 aliphatic rings. The summed E-state index contributed by atoms with van der Waals surface area (Å²) >= 11 is 0. The molecule has 0 amide bonds. The Morgan fingerprint density at radius 1 is 1.64 bits per heavy atom. The maximum absolute atomic E-state index is 10.2. The average molecular weight is 149 g/mol. The molecule has 0 fully saturated rings. The van der Waals surface area contributed by atoms with Crippen molar-refractivity contribution in [2.45, 2.75) is 0 Å². The molecule has 56 valence electrons. The van der Waals surface area contributed by atoms with Gasteiger partial charge in [-0.25, -0.2) is 4.79 Å². The predicted molar refractivity (Wildman–Crippen MR) is 40.3 cm³/mol. The molecule has 0 bridgehead atoms. The summed E-state index contributed by atoms with van der Waals surface area (Å²) in [4.78, 5) is 14.1. The van der Waals surface area contributed by atoms with Gasteiger partial charge in [0.15, 0.2) is 5.94 Å². The molecule has 0 radical (unpaired) electrons. The highest BCUT2D eigenvalue weighted by Crippen LogP contribution is 2.06. The van der Waals surface area contributed by atoms with E-state index in [1.54, 1.807) is 30.3 Å². The van der Waals surface area contributed by atoms with Gasteiger partial charge in [0.1, 0.15) is 5.69 Å². The third kappa shape index (κ3) is 1.66. The largest absolute Gasteiger partial charge is 0.485 e. The van der Waals surface area contributed by atoms with Gasteiger partial charge in [0, 0.05) is 6.20 Å². The Labute approximate surface area is 64.3 Å². The third-order valence-electron chi connectivity index (χ3n) is 1.19. The summed E-state index contributed by atoms with van der Waals surface area (Å²) in [7, 11) is 1.41. The van der Waals surface area contributed by atoms with Crippen molar-refractivity contribution in [1.82, 2.24) is 4.98 Å². The first kappa shape index (κ1) is 7.51. The summed E-state index contributed by atoms with van der Waals surface area (Å²) in [6, 6.07) is 5.23. The van der Waals surface area contributed by atoms with Crippen LogP contribution in [0.5, 0.6) is 0 Å². The van der Waals surface area contributed by atoms with Gasteiger partial charge >= 0.3 is 0 Å². The van der Waals surface area contributed by atoms with E-state index in [-0.39, 0.29) is 5.76 Å². The van der Waals surface area contributed by atoms with Crippen LogP contribution in [0.3, 0.4) is 0 Å². The van der Waals surface area contributed by atoms with E-state index in [2.05, 4.69) is 4.98 Å². The van der Waals surface area contributed by atoms with Gasteiger partial charge in [-0.3, -0.25) is 4.98 Å². The molecule has 0 N–H and O–H groups in total. The molecule has 1 aromatic rings. The van der Waals surface area contributed by atoms with Gasteiger partial charge in [-0.1, -0.05) is 6.07 Å². The zero-order chi connectivity index (χ0) is 8.10. The fourth-order valence-corrected chi connectivity index (χ4v) is 0.696. The maximum Gasteiger partial charge on any atom is 0.229 e. The van der Waals surface area contributed by atoms with E-state index in [9.17, 15) is 4.79 Å². The number of hydrogen-bond donors (Lipinski definition) is 0. The van der Waals surface area contributed by atoms with Crippen LogP contribution >= 0.6 is 0 Å². The minimum absolute atomic E-state index is 0.130. The number of aromatic nitrogens is 1. The fraction of sp³-hybridized carbons (Fsp3) is 0.125. The van der Waals surface area contributed by atoms with Gasteiger partial charge in [0.2, 0.25) is 5.76 Å². The predicted octanol–water partition coefficient (Wildman–Crippen LogP) is 0.900. The van der Waals surface area contributed by atoms with E-state index in [4.69, 9.17) is 4.74 Å². The number of rotatable bonds is 2. The molecule has 0 aromatic carbocycles. The molecule has 0 unspecified atom stereocenters. The Hall–Kier alpha value is -1.60. The summed E-state index contributed by atoms with van der Waals surface area (Å²) in [5, 5.41) is 0. The van der Waals surface area contributed by atoms with Crippen LogP contribution in [0.2, 0.25) is 0 Å². The quantitative estimate of drug-likeness (QED) is 0.463.